The fourth-order valence-corrected chi connectivity index (χ4v) is 2.02. The highest BCUT2D eigenvalue weighted by atomic mass is 19.4. The molecule has 0 radical (unpaired) electrons. The highest BCUT2D eigenvalue weighted by Gasteiger charge is 2.30. The molecule has 0 saturated heterocycles. The maximum atomic E-state index is 12.6. The largest absolute Gasteiger partial charge is 0.416 e. The average molecular weight is 297 g/mol. The van der Waals surface area contributed by atoms with Crippen molar-refractivity contribution >= 4 is 0 Å². The van der Waals surface area contributed by atoms with Crippen molar-refractivity contribution in [2.75, 3.05) is 6.54 Å². The predicted octanol–water partition coefficient (Wildman–Crippen LogP) is 3.84. The smallest absolute Gasteiger partial charge is 0.312 e. The Morgan fingerprint density at radius 2 is 1.86 bits per heavy atom. The Morgan fingerprint density at radius 1 is 1.19 bits per heavy atom. The molecule has 2 aromatic rings. The first kappa shape index (κ1) is 15.6. The van der Waals surface area contributed by atoms with Crippen molar-refractivity contribution in [3.05, 3.63) is 41.6 Å². The van der Waals surface area contributed by atoms with Gasteiger partial charge in [0.1, 0.15) is 0 Å². The summed E-state index contributed by atoms with van der Waals surface area (Å²) in [5.41, 5.74) is 1.74. The number of aromatic amines is 1. The Labute approximate surface area is 121 Å². The van der Waals surface area contributed by atoms with Crippen LogP contribution < -0.4 is 5.32 Å². The van der Waals surface area contributed by atoms with Gasteiger partial charge in [0.15, 0.2) is 0 Å². The van der Waals surface area contributed by atoms with Crippen LogP contribution in [0.3, 0.4) is 0 Å². The van der Waals surface area contributed by atoms with E-state index >= 15 is 0 Å². The maximum absolute atomic E-state index is 12.6. The van der Waals surface area contributed by atoms with Gasteiger partial charge in [-0.1, -0.05) is 26.0 Å². The molecule has 6 heteroatoms. The highest BCUT2D eigenvalue weighted by Crippen LogP contribution is 2.31. The van der Waals surface area contributed by atoms with Gasteiger partial charge in [-0.25, -0.2) is 0 Å². The number of hydrogen-bond donors (Lipinski definition) is 2. The normalized spacial score (nSPS) is 12.1. The molecule has 0 aliphatic heterocycles. The molecule has 1 heterocycles. The summed E-state index contributed by atoms with van der Waals surface area (Å²) >= 11 is 0. The Balaban J connectivity index is 2.13. The molecule has 0 aliphatic carbocycles. The fraction of sp³-hybridized carbons (Fsp3) is 0.400. The summed E-state index contributed by atoms with van der Waals surface area (Å²) in [6.07, 6.45) is -2.62. The summed E-state index contributed by atoms with van der Waals surface area (Å²) in [4.78, 5) is 0. The Bertz CT molecular complexity index is 571. The van der Waals surface area contributed by atoms with Gasteiger partial charge in [0, 0.05) is 12.1 Å². The zero-order chi connectivity index (χ0) is 15.5. The van der Waals surface area contributed by atoms with E-state index in [1.165, 1.54) is 12.1 Å². The van der Waals surface area contributed by atoms with Crippen molar-refractivity contribution in [1.29, 1.82) is 0 Å². The molecule has 0 fully saturated rings. The molecule has 0 aliphatic rings. The van der Waals surface area contributed by atoms with E-state index in [1.54, 1.807) is 6.20 Å². The third-order valence-electron chi connectivity index (χ3n) is 3.09. The van der Waals surface area contributed by atoms with E-state index in [9.17, 15) is 13.2 Å². The van der Waals surface area contributed by atoms with Crippen molar-refractivity contribution < 1.29 is 13.2 Å². The van der Waals surface area contributed by atoms with Crippen LogP contribution >= 0.6 is 0 Å². The number of halogens is 3. The number of nitrogens with zero attached hydrogens (tertiary/aromatic N) is 1. The van der Waals surface area contributed by atoms with Crippen LogP contribution in [-0.4, -0.2) is 16.7 Å². The molecule has 2 rings (SSSR count). The van der Waals surface area contributed by atoms with E-state index in [1.807, 2.05) is 0 Å². The molecule has 1 aromatic heterocycles. The summed E-state index contributed by atoms with van der Waals surface area (Å²) < 4.78 is 37.7. The maximum Gasteiger partial charge on any atom is 0.416 e. The van der Waals surface area contributed by atoms with Crippen LogP contribution in [-0.2, 0) is 12.7 Å². The quantitative estimate of drug-likeness (QED) is 0.880. The number of hydrogen-bond acceptors (Lipinski definition) is 2. The third-order valence-corrected chi connectivity index (χ3v) is 3.09. The number of aromatic nitrogens is 2. The summed E-state index contributed by atoms with van der Waals surface area (Å²) in [5.74, 6) is 0.534. The summed E-state index contributed by atoms with van der Waals surface area (Å²) in [5, 5.41) is 10.1. The minimum Gasteiger partial charge on any atom is -0.312 e. The van der Waals surface area contributed by atoms with Crippen LogP contribution in [0, 0.1) is 5.92 Å². The lowest BCUT2D eigenvalue weighted by Gasteiger charge is -2.09. The lowest BCUT2D eigenvalue weighted by molar-refractivity contribution is -0.137. The summed E-state index contributed by atoms with van der Waals surface area (Å²) in [6.45, 7) is 5.72. The second kappa shape index (κ2) is 6.30. The molecule has 0 bridgehead atoms. The first-order valence-corrected chi connectivity index (χ1v) is 6.78. The van der Waals surface area contributed by atoms with Crippen molar-refractivity contribution in [3.63, 3.8) is 0 Å². The molecule has 0 spiro atoms. The van der Waals surface area contributed by atoms with Gasteiger partial charge in [0.05, 0.1) is 17.5 Å². The molecule has 0 atom stereocenters. The van der Waals surface area contributed by atoms with Crippen molar-refractivity contribution in [1.82, 2.24) is 15.5 Å². The molecule has 0 amide bonds. The number of alkyl halides is 3. The predicted molar refractivity (Wildman–Crippen MR) is 75.6 cm³/mol. The molecule has 0 unspecified atom stereocenters. The van der Waals surface area contributed by atoms with Crippen LogP contribution in [0.2, 0.25) is 0 Å². The molecule has 1 aromatic carbocycles. The summed E-state index contributed by atoms with van der Waals surface area (Å²) in [7, 11) is 0. The molecule has 114 valence electrons. The lowest BCUT2D eigenvalue weighted by Crippen LogP contribution is -2.19. The fourth-order valence-electron chi connectivity index (χ4n) is 2.02. The monoisotopic (exact) mass is 297 g/mol. The number of nitrogens with one attached hydrogen (secondary N) is 2. The van der Waals surface area contributed by atoms with Crippen LogP contribution in [0.1, 0.15) is 25.0 Å². The number of rotatable bonds is 5. The second-order valence-electron chi connectivity index (χ2n) is 5.37. The van der Waals surface area contributed by atoms with Gasteiger partial charge in [0.2, 0.25) is 0 Å². The molecule has 0 saturated carbocycles. The van der Waals surface area contributed by atoms with Gasteiger partial charge in [-0.2, -0.15) is 18.3 Å². The van der Waals surface area contributed by atoms with E-state index in [0.717, 1.165) is 29.9 Å². The van der Waals surface area contributed by atoms with Crippen LogP contribution in [0.4, 0.5) is 13.2 Å². The van der Waals surface area contributed by atoms with Crippen LogP contribution in [0.25, 0.3) is 11.3 Å². The topological polar surface area (TPSA) is 40.7 Å². The second-order valence-corrected chi connectivity index (χ2v) is 5.37. The van der Waals surface area contributed by atoms with Gasteiger partial charge >= 0.3 is 6.18 Å². The van der Waals surface area contributed by atoms with Gasteiger partial charge in [-0.05, 0) is 30.2 Å². The molecule has 3 nitrogen and oxygen atoms in total. The Kier molecular flexibility index (Phi) is 4.67. The SMILES string of the molecule is CC(C)CNCc1cn[nH]c1-c1ccc(C(F)(F)F)cc1. The van der Waals surface area contributed by atoms with Crippen molar-refractivity contribution in [2.45, 2.75) is 26.6 Å². The Morgan fingerprint density at radius 3 is 2.43 bits per heavy atom. The van der Waals surface area contributed by atoms with Crippen LogP contribution in [0.5, 0.6) is 0 Å². The van der Waals surface area contributed by atoms with E-state index < -0.39 is 11.7 Å². The highest BCUT2D eigenvalue weighted by molar-refractivity contribution is 5.63. The van der Waals surface area contributed by atoms with E-state index in [2.05, 4.69) is 29.4 Å². The molecular weight excluding hydrogens is 279 g/mol. The lowest BCUT2D eigenvalue weighted by atomic mass is 10.1. The van der Waals surface area contributed by atoms with Crippen molar-refractivity contribution in [3.8, 4) is 11.3 Å². The van der Waals surface area contributed by atoms with Gasteiger partial charge in [0.25, 0.3) is 0 Å². The van der Waals surface area contributed by atoms with E-state index in [4.69, 9.17) is 0 Å². The Hall–Kier alpha value is -1.82. The standard InChI is InChI=1S/C15H18F3N3/c1-10(2)7-19-8-12-9-20-21-14(12)11-3-5-13(6-4-11)15(16,17)18/h3-6,9-10,19H,7-8H2,1-2H3,(H,20,21). The third kappa shape index (κ3) is 4.07. The van der Waals surface area contributed by atoms with E-state index in [-0.39, 0.29) is 0 Å². The average Bonchev–Trinajstić information content (AvgIpc) is 2.86. The molecule has 2 N–H and O–H groups in total. The zero-order valence-electron chi connectivity index (χ0n) is 12.0. The zero-order valence-corrected chi connectivity index (χ0v) is 12.0. The number of H-pyrrole nitrogens is 1. The first-order valence-electron chi connectivity index (χ1n) is 6.78. The first-order chi connectivity index (χ1) is 9.88. The van der Waals surface area contributed by atoms with Gasteiger partial charge in [-0.3, -0.25) is 5.10 Å². The molecular formula is C15H18F3N3. The minimum absolute atomic E-state index is 0.534. The van der Waals surface area contributed by atoms with Crippen LogP contribution in [0.15, 0.2) is 30.5 Å². The van der Waals surface area contributed by atoms with Gasteiger partial charge < -0.3 is 5.32 Å². The minimum atomic E-state index is -4.31. The van der Waals surface area contributed by atoms with E-state index in [0.29, 0.717) is 18.0 Å². The molecule has 21 heavy (non-hydrogen) atoms. The summed E-state index contributed by atoms with van der Waals surface area (Å²) in [6, 6.07) is 5.09. The number of benzene rings is 1. The van der Waals surface area contributed by atoms with Crippen molar-refractivity contribution in [2.24, 2.45) is 5.92 Å². The van der Waals surface area contributed by atoms with Gasteiger partial charge in [-0.15, -0.1) is 0 Å².